The molecule has 51 heavy (non-hydrogen) atoms. The number of carboxylic acid groups (broad SMARTS) is 1. The second-order valence-electron chi connectivity index (χ2n) is 13.8. The zero-order valence-corrected chi connectivity index (χ0v) is 28.4. The van der Waals surface area contributed by atoms with Gasteiger partial charge < -0.3 is 19.5 Å². The fraction of sp³-hybridized carbons (Fsp3) is 0.368. The van der Waals surface area contributed by atoms with E-state index in [9.17, 15) is 19.5 Å². The lowest BCUT2D eigenvalue weighted by atomic mass is 10.1. The summed E-state index contributed by atoms with van der Waals surface area (Å²) in [4.78, 5) is 47.4. The van der Waals surface area contributed by atoms with Gasteiger partial charge >= 0.3 is 11.7 Å². The Morgan fingerprint density at radius 3 is 2.12 bits per heavy atom. The van der Waals surface area contributed by atoms with Crippen LogP contribution in [0.5, 0.6) is 0 Å². The second-order valence-corrected chi connectivity index (χ2v) is 13.8. The summed E-state index contributed by atoms with van der Waals surface area (Å²) < 4.78 is 20.7. The van der Waals surface area contributed by atoms with Crippen molar-refractivity contribution in [1.82, 2.24) is 28.7 Å². The SMILES string of the molecule is O=C(O)c1cn(C2CC2)c2cc(N3CCN(Cn4nc(CN5CCN(c6ccccc6)CC5)n(Cc5ccccc5)c4=O)CC3)c(F)cc2c1=O. The normalized spacial score (nSPS) is 17.4. The van der Waals surface area contributed by atoms with Crippen LogP contribution in [0.4, 0.5) is 15.8 Å². The van der Waals surface area contributed by atoms with Crippen LogP contribution >= 0.6 is 0 Å². The number of carbonyl (C=O) groups is 1. The maximum absolute atomic E-state index is 15.6. The van der Waals surface area contributed by atoms with E-state index in [2.05, 4.69) is 39.0 Å². The summed E-state index contributed by atoms with van der Waals surface area (Å²) in [6, 6.07) is 23.4. The molecule has 2 saturated heterocycles. The number of aromatic nitrogens is 4. The fourth-order valence-electron chi connectivity index (χ4n) is 7.35. The molecule has 1 saturated carbocycles. The van der Waals surface area contributed by atoms with Crippen LogP contribution in [0.3, 0.4) is 0 Å². The van der Waals surface area contributed by atoms with Crippen LogP contribution in [0.15, 0.2) is 88.6 Å². The first-order chi connectivity index (χ1) is 24.8. The Hall–Kier alpha value is -5.27. The highest BCUT2D eigenvalue weighted by molar-refractivity contribution is 5.93. The minimum atomic E-state index is -1.31. The molecule has 12 nitrogen and oxygen atoms in total. The lowest BCUT2D eigenvalue weighted by Gasteiger charge is -2.36. The number of carboxylic acids is 1. The molecule has 3 fully saturated rings. The number of pyridine rings is 1. The third-order valence-electron chi connectivity index (χ3n) is 10.4. The number of fused-ring (bicyclic) bond motifs is 1. The Bertz CT molecular complexity index is 2160. The fourth-order valence-corrected chi connectivity index (χ4v) is 7.35. The van der Waals surface area contributed by atoms with Crippen molar-refractivity contribution in [2.75, 3.05) is 62.2 Å². The van der Waals surface area contributed by atoms with Gasteiger partial charge in [0, 0.05) is 75.7 Å². The molecule has 1 aliphatic carbocycles. The van der Waals surface area contributed by atoms with Crippen LogP contribution in [0.2, 0.25) is 0 Å². The van der Waals surface area contributed by atoms with Gasteiger partial charge in [0.05, 0.1) is 31.0 Å². The minimum absolute atomic E-state index is 0.0843. The number of hydrogen-bond acceptors (Lipinski definition) is 8. The van der Waals surface area contributed by atoms with E-state index in [0.29, 0.717) is 57.1 Å². The minimum Gasteiger partial charge on any atom is -0.477 e. The Morgan fingerprint density at radius 2 is 1.45 bits per heavy atom. The molecule has 0 amide bonds. The number of nitrogens with zero attached hydrogens (tertiary/aromatic N) is 8. The number of aromatic carboxylic acids is 1. The first-order valence-electron chi connectivity index (χ1n) is 17.6. The van der Waals surface area contributed by atoms with E-state index in [4.69, 9.17) is 5.10 Å². The van der Waals surface area contributed by atoms with E-state index in [1.54, 1.807) is 15.3 Å². The monoisotopic (exact) mass is 692 g/mol. The largest absolute Gasteiger partial charge is 0.477 e. The zero-order chi connectivity index (χ0) is 35.1. The Morgan fingerprint density at radius 1 is 0.804 bits per heavy atom. The molecule has 264 valence electrons. The van der Waals surface area contributed by atoms with Crippen molar-refractivity contribution in [2.45, 2.75) is 38.6 Å². The molecule has 8 rings (SSSR count). The lowest BCUT2D eigenvalue weighted by Crippen LogP contribution is -2.48. The third kappa shape index (κ3) is 6.78. The van der Waals surface area contributed by atoms with Crippen molar-refractivity contribution >= 4 is 28.2 Å². The van der Waals surface area contributed by atoms with Gasteiger partial charge in [-0.1, -0.05) is 48.5 Å². The zero-order valence-electron chi connectivity index (χ0n) is 28.4. The number of piperazine rings is 2. The van der Waals surface area contributed by atoms with Gasteiger partial charge in [-0.25, -0.2) is 14.0 Å². The highest BCUT2D eigenvalue weighted by atomic mass is 19.1. The topological polar surface area (TPSA) is 112 Å². The van der Waals surface area contributed by atoms with Gasteiger partial charge in [-0.2, -0.15) is 9.78 Å². The molecule has 2 aromatic heterocycles. The summed E-state index contributed by atoms with van der Waals surface area (Å²) in [5, 5.41) is 14.5. The number of rotatable bonds is 10. The second kappa shape index (κ2) is 13.8. The molecule has 0 radical (unpaired) electrons. The smallest absolute Gasteiger partial charge is 0.347 e. The van der Waals surface area contributed by atoms with Crippen LogP contribution in [-0.2, 0) is 19.8 Å². The number of para-hydroxylation sites is 1. The number of halogens is 1. The van der Waals surface area contributed by atoms with E-state index in [1.165, 1.54) is 18.0 Å². The van der Waals surface area contributed by atoms with Crippen molar-refractivity contribution in [3.63, 3.8) is 0 Å². The molecular weight excluding hydrogens is 651 g/mol. The van der Waals surface area contributed by atoms with Gasteiger partial charge in [0.15, 0.2) is 0 Å². The molecule has 0 atom stereocenters. The van der Waals surface area contributed by atoms with Crippen molar-refractivity contribution in [3.05, 3.63) is 122 Å². The molecule has 3 aromatic carbocycles. The lowest BCUT2D eigenvalue weighted by molar-refractivity contribution is 0.0694. The predicted molar refractivity (Wildman–Crippen MR) is 193 cm³/mol. The molecule has 1 N–H and O–H groups in total. The quantitative estimate of drug-likeness (QED) is 0.234. The third-order valence-corrected chi connectivity index (χ3v) is 10.4. The Kier molecular flexibility index (Phi) is 8.90. The molecule has 0 unspecified atom stereocenters. The van der Waals surface area contributed by atoms with E-state index >= 15 is 4.39 Å². The molecule has 4 heterocycles. The predicted octanol–water partition coefficient (Wildman–Crippen LogP) is 3.68. The van der Waals surface area contributed by atoms with Gasteiger partial charge in [0.1, 0.15) is 17.2 Å². The summed E-state index contributed by atoms with van der Waals surface area (Å²) in [6.45, 7) is 7.07. The first-order valence-corrected chi connectivity index (χ1v) is 17.6. The molecule has 13 heteroatoms. The summed E-state index contributed by atoms with van der Waals surface area (Å²) >= 11 is 0. The number of hydrogen-bond donors (Lipinski definition) is 1. The van der Waals surface area contributed by atoms with Crippen LogP contribution in [0, 0.1) is 5.82 Å². The molecule has 3 aliphatic rings. The van der Waals surface area contributed by atoms with Crippen molar-refractivity contribution in [3.8, 4) is 0 Å². The summed E-state index contributed by atoms with van der Waals surface area (Å²) in [5.41, 5.74) is 2.03. The molecule has 0 spiro atoms. The molecule has 5 aromatic rings. The summed E-state index contributed by atoms with van der Waals surface area (Å²) in [5.74, 6) is -1.13. The van der Waals surface area contributed by atoms with Crippen molar-refractivity contribution < 1.29 is 14.3 Å². The maximum atomic E-state index is 15.6. The van der Waals surface area contributed by atoms with Gasteiger partial charge in [-0.15, -0.1) is 0 Å². The van der Waals surface area contributed by atoms with Crippen molar-refractivity contribution in [2.24, 2.45) is 0 Å². The van der Waals surface area contributed by atoms with E-state index in [1.807, 2.05) is 45.9 Å². The highest BCUT2D eigenvalue weighted by Crippen LogP contribution is 2.38. The Balaban J connectivity index is 0.980. The van der Waals surface area contributed by atoms with Gasteiger partial charge in [0.2, 0.25) is 5.43 Å². The van der Waals surface area contributed by atoms with Crippen LogP contribution in [-0.4, -0.2) is 92.1 Å². The maximum Gasteiger partial charge on any atom is 0.347 e. The summed E-state index contributed by atoms with van der Waals surface area (Å²) in [7, 11) is 0. The van der Waals surface area contributed by atoms with Crippen LogP contribution in [0.25, 0.3) is 10.9 Å². The van der Waals surface area contributed by atoms with Crippen molar-refractivity contribution in [1.29, 1.82) is 0 Å². The number of anilines is 2. The molecule has 0 bridgehead atoms. The highest BCUT2D eigenvalue weighted by Gasteiger charge is 2.29. The van der Waals surface area contributed by atoms with Gasteiger partial charge in [0.25, 0.3) is 0 Å². The molecule has 2 aliphatic heterocycles. The standard InChI is InChI=1S/C38H41FN8O4/c39-32-21-30-33(45(29-11-12-29)24-31(36(30)48)37(49)50)22-34(32)44-19-15-42(16-20-44)26-47-38(51)46(23-27-7-3-1-4-8-27)35(40-47)25-41-13-17-43(18-14-41)28-9-5-2-6-10-28/h1-10,21-22,24,29H,11-20,23,25-26H2,(H,49,50). The summed E-state index contributed by atoms with van der Waals surface area (Å²) in [6.07, 6.45) is 3.17. The van der Waals surface area contributed by atoms with Crippen LogP contribution in [0.1, 0.15) is 40.6 Å². The molecular formula is C38H41FN8O4. The van der Waals surface area contributed by atoms with Gasteiger partial charge in [-0.3, -0.25) is 19.2 Å². The average molecular weight is 693 g/mol. The average Bonchev–Trinajstić information content (AvgIpc) is 3.96. The van der Waals surface area contributed by atoms with E-state index in [0.717, 1.165) is 50.4 Å². The first kappa shape index (κ1) is 32.9. The van der Waals surface area contributed by atoms with Gasteiger partial charge in [-0.05, 0) is 42.7 Å². The van der Waals surface area contributed by atoms with E-state index < -0.39 is 17.2 Å². The van der Waals surface area contributed by atoms with E-state index in [-0.39, 0.29) is 22.7 Å². The Labute approximate surface area is 294 Å². The van der Waals surface area contributed by atoms with Crippen LogP contribution < -0.4 is 20.9 Å². The number of benzene rings is 3.